The highest BCUT2D eigenvalue weighted by Crippen LogP contribution is 2.44. The molecule has 0 radical (unpaired) electrons. The van der Waals surface area contributed by atoms with Crippen molar-refractivity contribution in [1.29, 1.82) is 0 Å². The number of nitrogens with zero attached hydrogens (tertiary/aromatic N) is 1. The van der Waals surface area contributed by atoms with Crippen molar-refractivity contribution in [2.75, 3.05) is 26.2 Å². The molecule has 1 heterocycles. The van der Waals surface area contributed by atoms with Crippen molar-refractivity contribution >= 4 is 18.0 Å². The number of hydrogen-bond acceptors (Lipinski definition) is 4. The van der Waals surface area contributed by atoms with Crippen LogP contribution in [0.5, 0.6) is 0 Å². The summed E-state index contributed by atoms with van der Waals surface area (Å²) in [6, 6.07) is 16.3. The van der Waals surface area contributed by atoms with Crippen LogP contribution in [0.15, 0.2) is 48.5 Å². The number of likely N-dealkylation sites (tertiary alicyclic amines) is 1. The first-order valence-corrected chi connectivity index (χ1v) is 11.9. The van der Waals surface area contributed by atoms with Gasteiger partial charge in [0.15, 0.2) is 0 Å². The Labute approximate surface area is 200 Å². The van der Waals surface area contributed by atoms with Crippen LogP contribution in [0.2, 0.25) is 0 Å². The van der Waals surface area contributed by atoms with Gasteiger partial charge >= 0.3 is 12.1 Å². The Morgan fingerprint density at radius 2 is 1.62 bits per heavy atom. The zero-order valence-corrected chi connectivity index (χ0v) is 19.9. The summed E-state index contributed by atoms with van der Waals surface area (Å²) in [7, 11) is 0. The number of carboxylic acid groups (broad SMARTS) is 1. The summed E-state index contributed by atoms with van der Waals surface area (Å²) in [5, 5.41) is 12.2. The monoisotopic (exact) mass is 464 g/mol. The number of carbonyl (C=O) groups is 3. The minimum atomic E-state index is -0.864. The van der Waals surface area contributed by atoms with E-state index in [2.05, 4.69) is 29.6 Å². The van der Waals surface area contributed by atoms with Gasteiger partial charge in [-0.2, -0.15) is 0 Å². The van der Waals surface area contributed by atoms with Crippen LogP contribution in [0.4, 0.5) is 4.79 Å². The van der Waals surface area contributed by atoms with E-state index in [-0.39, 0.29) is 44.0 Å². The van der Waals surface area contributed by atoms with Crippen LogP contribution in [0.3, 0.4) is 0 Å². The van der Waals surface area contributed by atoms with Gasteiger partial charge in [0.05, 0.1) is 5.92 Å². The topological polar surface area (TPSA) is 95.9 Å². The van der Waals surface area contributed by atoms with Gasteiger partial charge in [0.2, 0.25) is 5.91 Å². The lowest BCUT2D eigenvalue weighted by atomic mass is 9.76. The van der Waals surface area contributed by atoms with Gasteiger partial charge in [-0.05, 0) is 34.6 Å². The second kappa shape index (κ2) is 9.49. The van der Waals surface area contributed by atoms with E-state index in [1.807, 2.05) is 45.0 Å². The van der Waals surface area contributed by atoms with Crippen LogP contribution >= 0.6 is 0 Å². The van der Waals surface area contributed by atoms with E-state index in [0.29, 0.717) is 6.42 Å². The molecule has 7 nitrogen and oxygen atoms in total. The van der Waals surface area contributed by atoms with Crippen LogP contribution in [-0.2, 0) is 14.3 Å². The molecule has 1 atom stereocenters. The van der Waals surface area contributed by atoms with Gasteiger partial charge in [-0.25, -0.2) is 4.79 Å². The van der Waals surface area contributed by atoms with Gasteiger partial charge < -0.3 is 20.1 Å². The third-order valence-corrected chi connectivity index (χ3v) is 7.36. The molecule has 7 heteroatoms. The highest BCUT2D eigenvalue weighted by Gasteiger charge is 2.51. The van der Waals surface area contributed by atoms with Crippen molar-refractivity contribution in [1.82, 2.24) is 10.2 Å². The molecule has 4 rings (SSSR count). The number of ether oxygens (including phenoxy) is 1. The minimum Gasteiger partial charge on any atom is -0.481 e. The third-order valence-electron chi connectivity index (χ3n) is 7.36. The molecular weight excluding hydrogens is 432 g/mol. The Hall–Kier alpha value is -3.35. The average molecular weight is 465 g/mol. The fourth-order valence-corrected chi connectivity index (χ4v) is 5.04. The zero-order chi connectivity index (χ0) is 24.5. The molecule has 0 spiro atoms. The molecule has 2 aliphatic rings. The van der Waals surface area contributed by atoms with E-state index in [0.717, 1.165) is 22.3 Å². The summed E-state index contributed by atoms with van der Waals surface area (Å²) in [6.07, 6.45) is -0.0754. The number of hydrogen-bond donors (Lipinski definition) is 2. The molecule has 2 N–H and O–H groups in total. The summed E-state index contributed by atoms with van der Waals surface area (Å²) in [5.41, 5.74) is 3.76. The van der Waals surface area contributed by atoms with Gasteiger partial charge in [0, 0.05) is 25.6 Å². The molecule has 0 bridgehead atoms. The molecule has 0 saturated carbocycles. The maximum atomic E-state index is 13.0. The largest absolute Gasteiger partial charge is 0.481 e. The first-order valence-electron chi connectivity index (χ1n) is 11.9. The lowest BCUT2D eigenvalue weighted by molar-refractivity contribution is -0.168. The molecule has 1 aliphatic heterocycles. The molecule has 1 aliphatic carbocycles. The number of amides is 2. The lowest BCUT2D eigenvalue weighted by Gasteiger charge is -2.48. The summed E-state index contributed by atoms with van der Waals surface area (Å²) >= 11 is 0. The number of nitrogens with one attached hydrogen (secondary N) is 1. The third kappa shape index (κ3) is 4.27. The van der Waals surface area contributed by atoms with Crippen molar-refractivity contribution in [2.24, 2.45) is 17.3 Å². The van der Waals surface area contributed by atoms with Crippen LogP contribution < -0.4 is 5.32 Å². The Kier molecular flexibility index (Phi) is 6.64. The van der Waals surface area contributed by atoms with Crippen molar-refractivity contribution in [2.45, 2.75) is 33.1 Å². The molecular formula is C27H32N2O5. The van der Waals surface area contributed by atoms with E-state index in [1.54, 1.807) is 4.90 Å². The first-order chi connectivity index (χ1) is 16.3. The number of rotatable bonds is 8. The Morgan fingerprint density at radius 3 is 2.12 bits per heavy atom. The van der Waals surface area contributed by atoms with Gasteiger partial charge in [-0.3, -0.25) is 9.59 Å². The van der Waals surface area contributed by atoms with Crippen LogP contribution in [0.1, 0.15) is 44.2 Å². The molecule has 34 heavy (non-hydrogen) atoms. The Morgan fingerprint density at radius 1 is 1.06 bits per heavy atom. The zero-order valence-electron chi connectivity index (χ0n) is 19.9. The maximum absolute atomic E-state index is 13.0. The molecule has 2 aromatic rings. The van der Waals surface area contributed by atoms with Gasteiger partial charge in [-0.15, -0.1) is 0 Å². The quantitative estimate of drug-likeness (QED) is 0.613. The summed E-state index contributed by atoms with van der Waals surface area (Å²) < 4.78 is 5.58. The van der Waals surface area contributed by atoms with E-state index in [9.17, 15) is 19.5 Å². The standard InChI is InChI=1S/C27H32N2O5/c1-4-27(25(31)32)15-29(16-27)24(30)22(17(2)3)13-28-26(33)34-14-23-20-11-7-5-9-18(20)19-10-6-8-12-21(19)23/h5-12,17,22-23H,4,13-16H2,1-3H3,(H,28,33)(H,31,32). The fourth-order valence-electron chi connectivity index (χ4n) is 5.04. The SMILES string of the molecule is CCC1(C(=O)O)CN(C(=O)C(CNC(=O)OCC2c3ccccc3-c3ccccc32)C(C)C)C1. The second-order valence-corrected chi connectivity index (χ2v) is 9.69. The first kappa shape index (κ1) is 23.8. The van der Waals surface area contributed by atoms with E-state index in [4.69, 9.17) is 4.74 Å². The Balaban J connectivity index is 1.33. The highest BCUT2D eigenvalue weighted by atomic mass is 16.5. The smallest absolute Gasteiger partial charge is 0.407 e. The van der Waals surface area contributed by atoms with Gasteiger partial charge in [0.1, 0.15) is 12.0 Å². The average Bonchev–Trinajstić information content (AvgIpc) is 3.11. The molecule has 2 amide bonds. The number of aliphatic carboxylic acids is 1. The van der Waals surface area contributed by atoms with Crippen molar-refractivity contribution in [3.05, 3.63) is 59.7 Å². The van der Waals surface area contributed by atoms with E-state index < -0.39 is 23.4 Å². The van der Waals surface area contributed by atoms with Crippen LogP contribution in [0, 0.1) is 17.3 Å². The molecule has 1 fully saturated rings. The number of carbonyl (C=O) groups excluding carboxylic acids is 2. The summed E-state index contributed by atoms with van der Waals surface area (Å²) in [4.78, 5) is 38.6. The van der Waals surface area contributed by atoms with Crippen LogP contribution in [-0.4, -0.2) is 54.2 Å². The summed E-state index contributed by atoms with van der Waals surface area (Å²) in [6.45, 7) is 6.46. The Bertz CT molecular complexity index is 1040. The van der Waals surface area contributed by atoms with Crippen LogP contribution in [0.25, 0.3) is 11.1 Å². The number of alkyl carbamates (subject to hydrolysis) is 1. The second-order valence-electron chi connectivity index (χ2n) is 9.69. The molecule has 2 aromatic carbocycles. The lowest BCUT2D eigenvalue weighted by Crippen LogP contribution is -2.63. The summed E-state index contributed by atoms with van der Waals surface area (Å²) in [5.74, 6) is -1.47. The number of benzene rings is 2. The number of carboxylic acids is 1. The molecule has 0 aromatic heterocycles. The van der Waals surface area contributed by atoms with Crippen molar-refractivity contribution in [3.8, 4) is 11.1 Å². The van der Waals surface area contributed by atoms with E-state index >= 15 is 0 Å². The van der Waals surface area contributed by atoms with Gasteiger partial charge in [-0.1, -0.05) is 69.3 Å². The van der Waals surface area contributed by atoms with Gasteiger partial charge in [0.25, 0.3) is 0 Å². The molecule has 180 valence electrons. The van der Waals surface area contributed by atoms with Crippen molar-refractivity contribution in [3.63, 3.8) is 0 Å². The highest BCUT2D eigenvalue weighted by molar-refractivity contribution is 5.85. The molecule has 1 saturated heterocycles. The minimum absolute atomic E-state index is 0.0113. The molecule has 1 unspecified atom stereocenters. The predicted molar refractivity (Wildman–Crippen MR) is 128 cm³/mol. The van der Waals surface area contributed by atoms with E-state index in [1.165, 1.54) is 0 Å². The normalized spacial score (nSPS) is 16.9. The number of fused-ring (bicyclic) bond motifs is 3. The maximum Gasteiger partial charge on any atom is 0.407 e. The van der Waals surface area contributed by atoms with Crippen molar-refractivity contribution < 1.29 is 24.2 Å². The predicted octanol–water partition coefficient (Wildman–Crippen LogP) is 4.12. The fraction of sp³-hybridized carbons (Fsp3) is 0.444.